The highest BCUT2D eigenvalue weighted by atomic mass is 16.5. The van der Waals surface area contributed by atoms with Gasteiger partial charge in [0.1, 0.15) is 5.75 Å². The average molecular weight is 715 g/mol. The normalized spacial score (nSPS) is 23.0. The first-order valence-electron chi connectivity index (χ1n) is 19.1. The number of ketones is 1. The third-order valence-corrected chi connectivity index (χ3v) is 11.7. The summed E-state index contributed by atoms with van der Waals surface area (Å²) in [6.45, 7) is 6.97. The Morgan fingerprint density at radius 2 is 1.64 bits per heavy atom. The molecule has 4 unspecified atom stereocenters. The molecule has 3 N–H and O–H groups in total. The van der Waals surface area contributed by atoms with Gasteiger partial charge in [0.2, 0.25) is 0 Å². The van der Waals surface area contributed by atoms with Gasteiger partial charge in [0.05, 0.1) is 25.4 Å². The molecule has 2 amide bonds. The number of fused-ring (bicyclic) bond motifs is 8. The van der Waals surface area contributed by atoms with E-state index >= 15 is 0 Å². The van der Waals surface area contributed by atoms with Crippen LogP contribution in [0.25, 0.3) is 11.1 Å². The molecule has 4 aromatic rings. The second kappa shape index (κ2) is 16.5. The number of benzene rings is 4. The van der Waals surface area contributed by atoms with Gasteiger partial charge in [-0.1, -0.05) is 92.2 Å². The number of hydrogen-bond acceptors (Lipinski definition) is 5. The quantitative estimate of drug-likeness (QED) is 0.119. The molecule has 53 heavy (non-hydrogen) atoms. The van der Waals surface area contributed by atoms with Crippen LogP contribution < -0.4 is 10.1 Å². The lowest BCUT2D eigenvalue weighted by Crippen LogP contribution is -2.54. The Balaban J connectivity index is 1.37. The van der Waals surface area contributed by atoms with Crippen LogP contribution in [0.2, 0.25) is 0 Å². The summed E-state index contributed by atoms with van der Waals surface area (Å²) in [4.78, 5) is 30.1. The largest absolute Gasteiger partial charge is 0.497 e. The molecule has 3 aliphatic carbocycles. The third-order valence-electron chi connectivity index (χ3n) is 11.7. The lowest BCUT2D eigenvalue weighted by atomic mass is 9.64. The number of aliphatic hydroxyl groups excluding tert-OH is 1. The number of ether oxygens (including phenoxy) is 1. The second-order valence-electron chi connectivity index (χ2n) is 15.3. The Hall–Kier alpha value is -4.72. The highest BCUT2D eigenvalue weighted by Gasteiger charge is 2.57. The molecule has 0 radical (unpaired) electrons. The van der Waals surface area contributed by atoms with Crippen molar-refractivity contribution in [3.8, 4) is 16.9 Å². The standard InChI is InChI=1S/C46H54N2O5/c1-5-28-48(44(51)47-37-19-22-39(53-4)23-20-37)31-46(52)27-25-42-40-24-14-33(29-38(49)21-13-32(2)10-9-26-45(42,46)3)30-41(40)43(50)36-17-15-35(16-18-36)34-11-7-6-8-12-34/h6-8,10-12,14-20,22-24,30,38,42,49,52H,5,9,13,21,25-29,31H2,1-4H3,(H,47,51). The number of carbonyl (C=O) groups is 2. The number of allylic oxidation sites excluding steroid dienone is 2. The molecule has 1 fully saturated rings. The van der Waals surface area contributed by atoms with Gasteiger partial charge in [-0.3, -0.25) is 4.79 Å². The summed E-state index contributed by atoms with van der Waals surface area (Å²) >= 11 is 0. The number of urea groups is 1. The third kappa shape index (κ3) is 8.42. The number of carbonyl (C=O) groups excluding carboxylic acids is 2. The molecule has 7 rings (SSSR count). The summed E-state index contributed by atoms with van der Waals surface area (Å²) < 4.78 is 5.28. The number of rotatable bonds is 9. The fraction of sp³-hybridized carbons (Fsp3) is 0.391. The van der Waals surface area contributed by atoms with Gasteiger partial charge in [-0.25, -0.2) is 4.79 Å². The second-order valence-corrected chi connectivity index (χ2v) is 15.3. The molecular formula is C46H54N2O5. The minimum atomic E-state index is -1.21. The van der Waals surface area contributed by atoms with E-state index < -0.39 is 17.1 Å². The van der Waals surface area contributed by atoms with Crippen molar-refractivity contribution in [3.05, 3.63) is 131 Å². The van der Waals surface area contributed by atoms with Gasteiger partial charge in [0.25, 0.3) is 0 Å². The fourth-order valence-electron chi connectivity index (χ4n) is 8.51. The van der Waals surface area contributed by atoms with E-state index in [4.69, 9.17) is 4.74 Å². The monoisotopic (exact) mass is 714 g/mol. The zero-order valence-corrected chi connectivity index (χ0v) is 31.6. The lowest BCUT2D eigenvalue weighted by molar-refractivity contribution is -0.0763. The van der Waals surface area contributed by atoms with E-state index in [1.165, 1.54) is 5.57 Å². The Labute approximate surface area is 314 Å². The molecule has 4 atom stereocenters. The molecular weight excluding hydrogens is 661 g/mol. The van der Waals surface area contributed by atoms with Gasteiger partial charge >= 0.3 is 6.03 Å². The molecule has 7 heteroatoms. The van der Waals surface area contributed by atoms with E-state index in [9.17, 15) is 19.8 Å². The topological polar surface area (TPSA) is 99.1 Å². The molecule has 0 aliphatic heterocycles. The first-order chi connectivity index (χ1) is 25.5. The van der Waals surface area contributed by atoms with Crippen LogP contribution in [0.3, 0.4) is 0 Å². The Bertz CT molecular complexity index is 1900. The van der Waals surface area contributed by atoms with Gasteiger partial charge in [0.15, 0.2) is 5.78 Å². The Kier molecular flexibility index (Phi) is 11.9. The fourth-order valence-corrected chi connectivity index (χ4v) is 8.51. The maximum atomic E-state index is 14.6. The number of nitrogens with zero attached hydrogens (tertiary/aromatic N) is 1. The minimum absolute atomic E-state index is 0.0666. The summed E-state index contributed by atoms with van der Waals surface area (Å²) in [7, 11) is 1.61. The van der Waals surface area contributed by atoms with E-state index in [-0.39, 0.29) is 24.3 Å². The van der Waals surface area contributed by atoms with Gasteiger partial charge in [-0.2, -0.15) is 0 Å². The van der Waals surface area contributed by atoms with Crippen LogP contribution in [0, 0.1) is 5.41 Å². The van der Waals surface area contributed by atoms with Crippen molar-refractivity contribution >= 4 is 17.5 Å². The first kappa shape index (κ1) is 38.0. The Morgan fingerprint density at radius 3 is 2.34 bits per heavy atom. The highest BCUT2D eigenvalue weighted by molar-refractivity contribution is 6.10. The molecule has 0 saturated heterocycles. The van der Waals surface area contributed by atoms with E-state index in [2.05, 4.69) is 43.4 Å². The van der Waals surface area contributed by atoms with Gasteiger partial charge in [-0.05, 0) is 117 Å². The van der Waals surface area contributed by atoms with Crippen molar-refractivity contribution in [1.82, 2.24) is 4.90 Å². The minimum Gasteiger partial charge on any atom is -0.497 e. The summed E-state index contributed by atoms with van der Waals surface area (Å²) in [6, 6.07) is 31.0. The number of methoxy groups -OCH3 is 1. The first-order valence-corrected chi connectivity index (χ1v) is 19.1. The van der Waals surface area contributed by atoms with E-state index in [1.54, 1.807) is 12.0 Å². The number of aliphatic hydroxyl groups is 2. The summed E-state index contributed by atoms with van der Waals surface area (Å²) in [5.41, 5.74) is 5.19. The summed E-state index contributed by atoms with van der Waals surface area (Å²) in [5.74, 6) is 0.499. The SMILES string of the molecule is CCCN(CC1(O)CCC2c3ccc(cc3C(=O)c3ccc(-c4ccccc4)cc3)CC(O)CCC(C)=CCCC21C)C(=O)Nc1ccc(OC)cc1. The van der Waals surface area contributed by atoms with Gasteiger partial charge < -0.3 is 25.2 Å². The maximum Gasteiger partial charge on any atom is 0.321 e. The predicted octanol–water partition coefficient (Wildman–Crippen LogP) is 9.58. The van der Waals surface area contributed by atoms with Crippen LogP contribution in [0.5, 0.6) is 5.75 Å². The van der Waals surface area contributed by atoms with Crippen molar-refractivity contribution in [2.75, 3.05) is 25.5 Å². The van der Waals surface area contributed by atoms with Crippen molar-refractivity contribution in [2.24, 2.45) is 5.41 Å². The van der Waals surface area contributed by atoms with Crippen LogP contribution >= 0.6 is 0 Å². The number of hydrogen-bond donors (Lipinski definition) is 3. The Morgan fingerprint density at radius 1 is 0.925 bits per heavy atom. The smallest absolute Gasteiger partial charge is 0.321 e. The molecule has 0 spiro atoms. The molecule has 4 aromatic carbocycles. The molecule has 278 valence electrons. The molecule has 0 heterocycles. The van der Waals surface area contributed by atoms with Crippen molar-refractivity contribution in [2.45, 2.75) is 89.8 Å². The van der Waals surface area contributed by atoms with Crippen molar-refractivity contribution in [3.63, 3.8) is 0 Å². The van der Waals surface area contributed by atoms with E-state index in [1.807, 2.05) is 85.8 Å². The molecule has 1 saturated carbocycles. The van der Waals surface area contributed by atoms with Crippen LogP contribution in [-0.2, 0) is 6.42 Å². The van der Waals surface area contributed by atoms with Crippen LogP contribution in [-0.4, -0.2) is 58.8 Å². The highest BCUT2D eigenvalue weighted by Crippen LogP contribution is 2.59. The van der Waals surface area contributed by atoms with Crippen LogP contribution in [0.4, 0.5) is 10.5 Å². The van der Waals surface area contributed by atoms with E-state index in [0.29, 0.717) is 61.2 Å². The van der Waals surface area contributed by atoms with Gasteiger partial charge in [-0.15, -0.1) is 0 Å². The predicted molar refractivity (Wildman–Crippen MR) is 213 cm³/mol. The number of nitrogens with one attached hydrogen (secondary N) is 1. The average Bonchev–Trinajstić information content (AvgIpc) is 3.42. The summed E-state index contributed by atoms with van der Waals surface area (Å²) in [5, 5.41) is 26.9. The lowest BCUT2D eigenvalue weighted by Gasteiger charge is -2.46. The van der Waals surface area contributed by atoms with Gasteiger partial charge in [0, 0.05) is 28.8 Å². The van der Waals surface area contributed by atoms with Crippen molar-refractivity contribution in [1.29, 1.82) is 0 Å². The molecule has 2 bridgehead atoms. The van der Waals surface area contributed by atoms with Crippen molar-refractivity contribution < 1.29 is 24.5 Å². The molecule has 0 aromatic heterocycles. The molecule has 3 aliphatic rings. The number of amides is 2. The summed E-state index contributed by atoms with van der Waals surface area (Å²) in [6.07, 6.45) is 6.91. The maximum absolute atomic E-state index is 14.6. The number of anilines is 1. The zero-order chi connectivity index (χ0) is 37.6. The molecule has 7 nitrogen and oxygen atoms in total. The zero-order valence-electron chi connectivity index (χ0n) is 31.6. The van der Waals surface area contributed by atoms with Crippen LogP contribution in [0.1, 0.15) is 98.7 Å². The van der Waals surface area contributed by atoms with Crippen LogP contribution in [0.15, 0.2) is 109 Å². The van der Waals surface area contributed by atoms with E-state index in [0.717, 1.165) is 41.5 Å².